The molecule has 1 aromatic heterocycles. The van der Waals surface area contributed by atoms with Crippen molar-refractivity contribution in [1.82, 2.24) is 15.0 Å². The maximum absolute atomic E-state index is 12.0. The van der Waals surface area contributed by atoms with Crippen LogP contribution in [0.2, 0.25) is 0 Å². The molecule has 27 heavy (non-hydrogen) atoms. The minimum Gasteiger partial charge on any atom is -0.490 e. The second-order valence-electron chi connectivity index (χ2n) is 5.36. The highest BCUT2D eigenvalue weighted by atomic mass is 32.2. The molecule has 0 unspecified atom stereocenters. The van der Waals surface area contributed by atoms with Gasteiger partial charge in [-0.25, -0.2) is 18.4 Å². The number of hydrogen-bond acceptors (Lipinski definition) is 7. The van der Waals surface area contributed by atoms with Crippen LogP contribution in [-0.2, 0) is 14.8 Å². The Morgan fingerprint density at radius 1 is 1.04 bits per heavy atom. The minimum absolute atomic E-state index is 0.00598. The zero-order valence-corrected chi connectivity index (χ0v) is 14.9. The third-order valence-corrected chi connectivity index (χ3v) is 4.35. The van der Waals surface area contributed by atoms with Crippen molar-refractivity contribution in [1.29, 1.82) is 0 Å². The molecule has 3 aromatic rings. The van der Waals surface area contributed by atoms with Gasteiger partial charge in [-0.15, -0.1) is 5.10 Å². The lowest BCUT2D eigenvalue weighted by Gasteiger charge is -2.07. The molecule has 1 heterocycles. The van der Waals surface area contributed by atoms with Crippen LogP contribution in [0.15, 0.2) is 65.7 Å². The first-order chi connectivity index (χ1) is 12.9. The van der Waals surface area contributed by atoms with Gasteiger partial charge in [0.1, 0.15) is 19.0 Å². The van der Waals surface area contributed by atoms with Crippen molar-refractivity contribution in [3.63, 3.8) is 0 Å². The highest BCUT2D eigenvalue weighted by Gasteiger charge is 2.13. The molecule has 0 bridgehead atoms. The molecule has 0 saturated carbocycles. The molecule has 3 rings (SSSR count). The lowest BCUT2D eigenvalue weighted by Crippen LogP contribution is -2.14. The summed E-state index contributed by atoms with van der Waals surface area (Å²) in [5, 5.41) is 13.1. The summed E-state index contributed by atoms with van der Waals surface area (Å²) in [6.07, 6.45) is 1.32. The molecule has 0 aliphatic heterocycles. The molecule has 9 nitrogen and oxygen atoms in total. The highest BCUT2D eigenvalue weighted by Crippen LogP contribution is 2.14. The summed E-state index contributed by atoms with van der Waals surface area (Å²) < 4.78 is 32.8. The van der Waals surface area contributed by atoms with E-state index in [0.717, 1.165) is 5.69 Å². The van der Waals surface area contributed by atoms with Gasteiger partial charge in [-0.3, -0.25) is 0 Å². The average Bonchev–Trinajstić information content (AvgIpc) is 3.16. The maximum Gasteiger partial charge on any atom is 0.360 e. The third kappa shape index (κ3) is 4.90. The van der Waals surface area contributed by atoms with Crippen molar-refractivity contribution in [3.05, 3.63) is 66.5 Å². The molecule has 0 aliphatic carbocycles. The number of carbonyl (C=O) groups is 1. The summed E-state index contributed by atoms with van der Waals surface area (Å²) in [4.78, 5) is 13.3. The van der Waals surface area contributed by atoms with Crippen LogP contribution >= 0.6 is 0 Å². The number of carbonyl (C=O) groups excluding carboxylic acids is 1. The number of nitrogens with zero attached hydrogens (tertiary/aromatic N) is 3. The van der Waals surface area contributed by atoms with E-state index in [-0.39, 0.29) is 23.8 Å². The zero-order valence-electron chi connectivity index (χ0n) is 14.1. The Morgan fingerprint density at radius 3 is 2.41 bits per heavy atom. The van der Waals surface area contributed by atoms with Crippen molar-refractivity contribution >= 4 is 16.0 Å². The molecule has 2 aromatic carbocycles. The molecule has 0 saturated heterocycles. The Morgan fingerprint density at radius 2 is 1.74 bits per heavy atom. The Kier molecular flexibility index (Phi) is 5.48. The topological polar surface area (TPSA) is 126 Å². The van der Waals surface area contributed by atoms with Gasteiger partial charge in [0, 0.05) is 0 Å². The summed E-state index contributed by atoms with van der Waals surface area (Å²) >= 11 is 0. The largest absolute Gasteiger partial charge is 0.490 e. The molecule has 2 N–H and O–H groups in total. The Bertz CT molecular complexity index is 1020. The van der Waals surface area contributed by atoms with E-state index in [1.165, 1.54) is 35.3 Å². The van der Waals surface area contributed by atoms with Crippen LogP contribution in [0.5, 0.6) is 5.75 Å². The second kappa shape index (κ2) is 7.98. The molecule has 0 atom stereocenters. The molecule has 140 valence electrons. The number of para-hydroxylation sites is 1. The molecule has 10 heteroatoms. The number of aromatic nitrogens is 3. The number of ether oxygens (including phenoxy) is 2. The quantitative estimate of drug-likeness (QED) is 0.475. The predicted molar refractivity (Wildman–Crippen MR) is 95.0 cm³/mol. The van der Waals surface area contributed by atoms with Gasteiger partial charge in [-0.05, 0) is 36.4 Å². The van der Waals surface area contributed by atoms with Gasteiger partial charge in [0.25, 0.3) is 0 Å². The van der Waals surface area contributed by atoms with E-state index in [9.17, 15) is 13.2 Å². The highest BCUT2D eigenvalue weighted by molar-refractivity contribution is 7.89. The molecule has 0 radical (unpaired) electrons. The van der Waals surface area contributed by atoms with Crippen LogP contribution in [0.4, 0.5) is 0 Å². The van der Waals surface area contributed by atoms with Crippen LogP contribution in [0.25, 0.3) is 5.69 Å². The first-order valence-electron chi connectivity index (χ1n) is 7.84. The molecule has 0 spiro atoms. The number of primary sulfonamides is 1. The van der Waals surface area contributed by atoms with Crippen molar-refractivity contribution in [2.75, 3.05) is 13.2 Å². The van der Waals surface area contributed by atoms with Gasteiger partial charge in [0.05, 0.1) is 16.8 Å². The summed E-state index contributed by atoms with van der Waals surface area (Å²) in [5.74, 6) is -0.196. The van der Waals surface area contributed by atoms with E-state index >= 15 is 0 Å². The van der Waals surface area contributed by atoms with Gasteiger partial charge in [0.15, 0.2) is 5.69 Å². The molecular weight excluding hydrogens is 372 g/mol. The minimum atomic E-state index is -3.74. The summed E-state index contributed by atoms with van der Waals surface area (Å²) in [5.41, 5.74) is 0.805. The van der Waals surface area contributed by atoms with Gasteiger partial charge in [-0.1, -0.05) is 18.2 Å². The van der Waals surface area contributed by atoms with Crippen molar-refractivity contribution in [2.45, 2.75) is 4.90 Å². The number of esters is 1. The normalized spacial score (nSPS) is 11.1. The van der Waals surface area contributed by atoms with Gasteiger partial charge < -0.3 is 9.47 Å². The molecule has 0 amide bonds. The molecule has 0 fully saturated rings. The summed E-state index contributed by atoms with van der Waals surface area (Å²) in [6, 6.07) is 14.8. The van der Waals surface area contributed by atoms with Gasteiger partial charge in [0.2, 0.25) is 10.0 Å². The summed E-state index contributed by atoms with van der Waals surface area (Å²) in [6.45, 7) is 0.0846. The number of nitrogens with two attached hydrogens (primary N) is 1. The average molecular weight is 388 g/mol. The first-order valence-corrected chi connectivity index (χ1v) is 9.39. The smallest absolute Gasteiger partial charge is 0.360 e. The number of rotatable bonds is 7. The fraction of sp³-hybridized carbons (Fsp3) is 0.118. The van der Waals surface area contributed by atoms with E-state index in [0.29, 0.717) is 5.75 Å². The Balaban J connectivity index is 1.48. The van der Waals surface area contributed by atoms with E-state index < -0.39 is 16.0 Å². The standard InChI is InChI=1S/C17H16N4O5S/c18-27(23,24)15-8-6-14(7-9-15)25-10-11-26-17(22)16-12-19-21(20-16)13-4-2-1-3-5-13/h1-9,12H,10-11H2,(H2,18,23,24). The van der Waals surface area contributed by atoms with Crippen LogP contribution < -0.4 is 9.88 Å². The van der Waals surface area contributed by atoms with Gasteiger partial charge >= 0.3 is 5.97 Å². The van der Waals surface area contributed by atoms with Crippen molar-refractivity contribution in [2.24, 2.45) is 5.14 Å². The SMILES string of the molecule is NS(=O)(=O)c1ccc(OCCOC(=O)c2cnn(-c3ccccc3)n2)cc1. The first kappa shape index (κ1) is 18.5. The van der Waals surface area contributed by atoms with E-state index in [1.54, 1.807) is 0 Å². The lowest BCUT2D eigenvalue weighted by molar-refractivity contribution is 0.0443. The fourth-order valence-corrected chi connectivity index (χ4v) is 2.65. The van der Waals surface area contributed by atoms with E-state index in [2.05, 4.69) is 10.2 Å². The number of sulfonamides is 1. The summed E-state index contributed by atoms with van der Waals surface area (Å²) in [7, 11) is -3.74. The number of benzene rings is 2. The lowest BCUT2D eigenvalue weighted by atomic mass is 10.3. The zero-order chi connectivity index (χ0) is 19.3. The van der Waals surface area contributed by atoms with Crippen LogP contribution in [-0.4, -0.2) is 42.6 Å². The third-order valence-electron chi connectivity index (χ3n) is 3.43. The van der Waals surface area contributed by atoms with E-state index in [4.69, 9.17) is 14.6 Å². The van der Waals surface area contributed by atoms with Crippen LogP contribution in [0, 0.1) is 0 Å². The molecular formula is C17H16N4O5S. The van der Waals surface area contributed by atoms with Crippen LogP contribution in [0.3, 0.4) is 0 Å². The van der Waals surface area contributed by atoms with Crippen molar-refractivity contribution < 1.29 is 22.7 Å². The monoisotopic (exact) mass is 388 g/mol. The van der Waals surface area contributed by atoms with Gasteiger partial charge in [-0.2, -0.15) is 9.90 Å². The predicted octanol–water partition coefficient (Wildman–Crippen LogP) is 1.15. The van der Waals surface area contributed by atoms with Crippen molar-refractivity contribution in [3.8, 4) is 11.4 Å². The number of hydrogen-bond donors (Lipinski definition) is 1. The Hall–Kier alpha value is -3.24. The van der Waals surface area contributed by atoms with E-state index in [1.807, 2.05) is 30.3 Å². The maximum atomic E-state index is 12.0. The Labute approximate surface area is 155 Å². The second-order valence-corrected chi connectivity index (χ2v) is 6.92. The molecule has 0 aliphatic rings. The fourth-order valence-electron chi connectivity index (χ4n) is 2.14. The van der Waals surface area contributed by atoms with Crippen LogP contribution in [0.1, 0.15) is 10.5 Å².